The van der Waals surface area contributed by atoms with E-state index in [4.69, 9.17) is 0 Å². The van der Waals surface area contributed by atoms with E-state index in [9.17, 15) is 5.11 Å². The molecule has 0 aliphatic carbocycles. The van der Waals surface area contributed by atoms with Gasteiger partial charge in [-0.1, -0.05) is 19.9 Å². The Balaban J connectivity index is 1.97. The second-order valence-electron chi connectivity index (χ2n) is 6.13. The van der Waals surface area contributed by atoms with Gasteiger partial charge in [-0.05, 0) is 25.3 Å². The molecule has 0 amide bonds. The monoisotopic (exact) mass is 366 g/mol. The molecule has 0 spiro atoms. The highest BCUT2D eigenvalue weighted by Crippen LogP contribution is 2.24. The Morgan fingerprint density at radius 2 is 2.17 bits per heavy atom. The van der Waals surface area contributed by atoms with Gasteiger partial charge in [0.05, 0.1) is 23.8 Å². The standard InChI is InChI=1S/C17H26N4OS2/c1-5-18-16(19-9-13-10-24-15(21-13)12(2)3)20-11-17(4,22)14-7-6-8-23-14/h6-8,10,12,22H,5,9,11H2,1-4H3,(H2,18,19,20). The van der Waals surface area contributed by atoms with Crippen molar-refractivity contribution in [3.8, 4) is 0 Å². The highest BCUT2D eigenvalue weighted by atomic mass is 32.1. The van der Waals surface area contributed by atoms with E-state index in [-0.39, 0.29) is 0 Å². The van der Waals surface area contributed by atoms with Crippen molar-refractivity contribution in [2.75, 3.05) is 13.1 Å². The quantitative estimate of drug-likeness (QED) is 0.519. The number of nitrogens with one attached hydrogen (secondary N) is 2. The van der Waals surface area contributed by atoms with Gasteiger partial charge in [0, 0.05) is 22.7 Å². The largest absolute Gasteiger partial charge is 0.383 e. The lowest BCUT2D eigenvalue weighted by atomic mass is 10.1. The van der Waals surface area contributed by atoms with E-state index in [0.717, 1.165) is 22.1 Å². The summed E-state index contributed by atoms with van der Waals surface area (Å²) in [5.41, 5.74) is 0.0569. The molecular formula is C17H26N4OS2. The number of rotatable bonds is 7. The first-order valence-corrected chi connectivity index (χ1v) is 9.91. The van der Waals surface area contributed by atoms with Gasteiger partial charge in [-0.2, -0.15) is 0 Å². The maximum Gasteiger partial charge on any atom is 0.191 e. The van der Waals surface area contributed by atoms with E-state index in [1.807, 2.05) is 31.4 Å². The van der Waals surface area contributed by atoms with Crippen molar-refractivity contribution in [2.24, 2.45) is 4.99 Å². The van der Waals surface area contributed by atoms with Crippen molar-refractivity contribution in [2.45, 2.75) is 45.8 Å². The van der Waals surface area contributed by atoms with Crippen LogP contribution in [0.25, 0.3) is 0 Å². The third-order valence-corrected chi connectivity index (χ3v) is 5.78. The Morgan fingerprint density at radius 3 is 2.75 bits per heavy atom. The Labute approximate surface area is 151 Å². The van der Waals surface area contributed by atoms with Gasteiger partial charge >= 0.3 is 0 Å². The van der Waals surface area contributed by atoms with Crippen LogP contribution in [0.4, 0.5) is 0 Å². The van der Waals surface area contributed by atoms with Crippen molar-refractivity contribution >= 4 is 28.6 Å². The molecule has 0 aliphatic heterocycles. The lowest BCUT2D eigenvalue weighted by Crippen LogP contribution is -2.44. The molecule has 0 aromatic carbocycles. The molecule has 7 heteroatoms. The summed E-state index contributed by atoms with van der Waals surface area (Å²) in [6, 6.07) is 3.89. The summed E-state index contributed by atoms with van der Waals surface area (Å²) in [5, 5.41) is 22.2. The molecule has 2 aromatic heterocycles. The molecular weight excluding hydrogens is 340 g/mol. The van der Waals surface area contributed by atoms with E-state index in [2.05, 4.69) is 39.8 Å². The van der Waals surface area contributed by atoms with Gasteiger partial charge in [0.1, 0.15) is 5.60 Å². The van der Waals surface area contributed by atoms with Crippen molar-refractivity contribution in [1.82, 2.24) is 15.6 Å². The number of nitrogens with zero attached hydrogens (tertiary/aromatic N) is 2. The van der Waals surface area contributed by atoms with Crippen LogP contribution in [0.3, 0.4) is 0 Å². The molecule has 0 saturated carbocycles. The van der Waals surface area contributed by atoms with Crippen LogP contribution in [0.15, 0.2) is 27.9 Å². The van der Waals surface area contributed by atoms with Crippen LogP contribution in [-0.2, 0) is 12.1 Å². The number of thiazole rings is 1. The summed E-state index contributed by atoms with van der Waals surface area (Å²) < 4.78 is 0. The topological polar surface area (TPSA) is 69.5 Å². The Morgan fingerprint density at radius 1 is 1.38 bits per heavy atom. The average molecular weight is 367 g/mol. The number of hydrogen-bond acceptors (Lipinski definition) is 5. The fraction of sp³-hybridized carbons (Fsp3) is 0.529. The van der Waals surface area contributed by atoms with Crippen molar-refractivity contribution in [3.63, 3.8) is 0 Å². The smallest absolute Gasteiger partial charge is 0.191 e. The zero-order valence-corrected chi connectivity index (χ0v) is 16.3. The van der Waals surface area contributed by atoms with E-state index in [0.29, 0.717) is 25.0 Å². The second-order valence-corrected chi connectivity index (χ2v) is 7.97. The molecule has 1 atom stereocenters. The van der Waals surface area contributed by atoms with Gasteiger partial charge in [-0.15, -0.1) is 22.7 Å². The molecule has 2 rings (SSSR count). The van der Waals surface area contributed by atoms with Crippen LogP contribution in [-0.4, -0.2) is 29.1 Å². The van der Waals surface area contributed by atoms with Crippen LogP contribution in [0.5, 0.6) is 0 Å². The zero-order chi connectivity index (χ0) is 17.6. The lowest BCUT2D eigenvalue weighted by molar-refractivity contribution is 0.0655. The molecule has 0 saturated heterocycles. The Kier molecular flexibility index (Phi) is 6.77. The zero-order valence-electron chi connectivity index (χ0n) is 14.7. The number of thiophene rings is 1. The predicted molar refractivity (Wildman–Crippen MR) is 103 cm³/mol. The summed E-state index contributed by atoms with van der Waals surface area (Å²) >= 11 is 3.23. The number of aromatic nitrogens is 1. The molecule has 2 aromatic rings. The van der Waals surface area contributed by atoms with Crippen molar-refractivity contribution in [3.05, 3.63) is 38.5 Å². The molecule has 0 fully saturated rings. The highest BCUT2D eigenvalue weighted by molar-refractivity contribution is 7.10. The third kappa shape index (κ3) is 5.29. The van der Waals surface area contributed by atoms with E-state index in [1.54, 1.807) is 22.7 Å². The highest BCUT2D eigenvalue weighted by Gasteiger charge is 2.24. The fourth-order valence-electron chi connectivity index (χ4n) is 2.09. The van der Waals surface area contributed by atoms with Gasteiger partial charge in [0.15, 0.2) is 5.96 Å². The van der Waals surface area contributed by atoms with Crippen molar-refractivity contribution < 1.29 is 5.11 Å². The summed E-state index contributed by atoms with van der Waals surface area (Å²) in [4.78, 5) is 10.1. The number of aliphatic hydroxyl groups is 1. The van der Waals surface area contributed by atoms with E-state index in [1.165, 1.54) is 0 Å². The SMILES string of the molecule is CCNC(=NCc1csc(C(C)C)n1)NCC(C)(O)c1cccs1. The first-order chi connectivity index (χ1) is 11.4. The van der Waals surface area contributed by atoms with Crippen LogP contribution < -0.4 is 10.6 Å². The maximum absolute atomic E-state index is 10.6. The molecule has 1 unspecified atom stereocenters. The molecule has 0 aliphatic rings. The lowest BCUT2D eigenvalue weighted by Gasteiger charge is -2.23. The van der Waals surface area contributed by atoms with Gasteiger partial charge in [-0.25, -0.2) is 9.98 Å². The first kappa shape index (κ1) is 18.9. The minimum Gasteiger partial charge on any atom is -0.383 e. The predicted octanol–water partition coefficient (Wildman–Crippen LogP) is 3.29. The van der Waals surface area contributed by atoms with Crippen LogP contribution in [0, 0.1) is 0 Å². The van der Waals surface area contributed by atoms with Crippen LogP contribution in [0.1, 0.15) is 49.2 Å². The summed E-state index contributed by atoms with van der Waals surface area (Å²) in [5.74, 6) is 1.13. The van der Waals surface area contributed by atoms with E-state index < -0.39 is 5.60 Å². The molecule has 5 nitrogen and oxygen atoms in total. The third-order valence-electron chi connectivity index (χ3n) is 3.46. The minimum atomic E-state index is -0.921. The first-order valence-electron chi connectivity index (χ1n) is 8.15. The van der Waals surface area contributed by atoms with Gasteiger partial charge in [-0.3, -0.25) is 0 Å². The molecule has 3 N–H and O–H groups in total. The van der Waals surface area contributed by atoms with Gasteiger partial charge in [0.2, 0.25) is 0 Å². The van der Waals surface area contributed by atoms with Crippen LogP contribution in [0.2, 0.25) is 0 Å². The Bertz CT molecular complexity index is 647. The maximum atomic E-state index is 10.6. The Hall–Kier alpha value is -1.44. The van der Waals surface area contributed by atoms with Crippen LogP contribution >= 0.6 is 22.7 Å². The normalized spacial score (nSPS) is 14.7. The summed E-state index contributed by atoms with van der Waals surface area (Å²) in [7, 11) is 0. The molecule has 0 radical (unpaired) electrons. The van der Waals surface area contributed by atoms with Gasteiger partial charge < -0.3 is 15.7 Å². The number of hydrogen-bond donors (Lipinski definition) is 3. The van der Waals surface area contributed by atoms with E-state index >= 15 is 0 Å². The fourth-order valence-corrected chi connectivity index (χ4v) is 3.70. The summed E-state index contributed by atoms with van der Waals surface area (Å²) in [6.07, 6.45) is 0. The minimum absolute atomic E-state index is 0.396. The van der Waals surface area contributed by atoms with Crippen molar-refractivity contribution in [1.29, 1.82) is 0 Å². The number of guanidine groups is 1. The molecule has 24 heavy (non-hydrogen) atoms. The summed E-state index contributed by atoms with van der Waals surface area (Å²) in [6.45, 7) is 9.81. The average Bonchev–Trinajstić information content (AvgIpc) is 3.21. The molecule has 132 valence electrons. The molecule has 2 heterocycles. The second kappa shape index (κ2) is 8.60. The van der Waals surface area contributed by atoms with Gasteiger partial charge in [0.25, 0.3) is 0 Å². The molecule has 0 bridgehead atoms. The number of aliphatic imine (C=N–C) groups is 1.